The van der Waals surface area contributed by atoms with E-state index >= 15 is 0 Å². The van der Waals surface area contributed by atoms with Gasteiger partial charge in [-0.15, -0.1) is 0 Å². The monoisotopic (exact) mass is 294 g/mol. The fourth-order valence-electron chi connectivity index (χ4n) is 1.34. The van der Waals surface area contributed by atoms with Crippen LogP contribution in [0.25, 0.3) is 0 Å². The van der Waals surface area contributed by atoms with Crippen LogP contribution < -0.4 is 5.32 Å². The molecule has 0 bridgehead atoms. The summed E-state index contributed by atoms with van der Waals surface area (Å²) in [6, 6.07) is 5.13. The number of benzene rings is 1. The number of anilines is 1. The number of hydrogen-bond acceptors (Lipinski definition) is 3. The number of nitrogens with one attached hydrogen (secondary N) is 1. The standard InChI is InChI=1S/C12H11BrN2O2/c1-7-5-11(15-12(17)3-4-14)9(8(2)16)6-10(7)13/h5-6H,3H2,1-2H3,(H,15,17). The Labute approximate surface area is 108 Å². The van der Waals surface area contributed by atoms with Crippen LogP contribution in [0.4, 0.5) is 5.69 Å². The number of ketones is 1. The minimum atomic E-state index is -0.420. The molecule has 0 unspecified atom stereocenters. The average Bonchev–Trinajstić information content (AvgIpc) is 2.23. The SMILES string of the molecule is CC(=O)c1cc(Br)c(C)cc1NC(=O)CC#N. The van der Waals surface area contributed by atoms with Crippen LogP contribution in [0.15, 0.2) is 16.6 Å². The molecule has 0 saturated carbocycles. The maximum atomic E-state index is 11.4. The minimum Gasteiger partial charge on any atom is -0.325 e. The molecular formula is C12H11BrN2O2. The molecule has 0 fully saturated rings. The van der Waals surface area contributed by atoms with Crippen LogP contribution in [0.2, 0.25) is 0 Å². The molecular weight excluding hydrogens is 284 g/mol. The third kappa shape index (κ3) is 3.40. The lowest BCUT2D eigenvalue weighted by Gasteiger charge is -2.10. The first-order chi connectivity index (χ1) is 7.95. The molecule has 0 radical (unpaired) electrons. The number of carbonyl (C=O) groups is 2. The number of Topliss-reactive ketones (excluding diaryl/α,β-unsaturated/α-hetero) is 1. The first-order valence-electron chi connectivity index (χ1n) is 4.93. The second kappa shape index (κ2) is 5.60. The zero-order valence-electron chi connectivity index (χ0n) is 9.50. The van der Waals surface area contributed by atoms with Gasteiger partial charge in [0.2, 0.25) is 5.91 Å². The van der Waals surface area contributed by atoms with Gasteiger partial charge in [0.15, 0.2) is 5.78 Å². The molecule has 0 aliphatic heterocycles. The van der Waals surface area contributed by atoms with E-state index in [1.54, 1.807) is 18.2 Å². The molecule has 5 heteroatoms. The van der Waals surface area contributed by atoms with Crippen LogP contribution >= 0.6 is 15.9 Å². The van der Waals surface area contributed by atoms with E-state index in [0.29, 0.717) is 11.3 Å². The summed E-state index contributed by atoms with van der Waals surface area (Å²) >= 11 is 3.33. The first-order valence-corrected chi connectivity index (χ1v) is 5.73. The zero-order chi connectivity index (χ0) is 13.0. The number of nitriles is 1. The van der Waals surface area contributed by atoms with Crippen molar-refractivity contribution in [3.8, 4) is 6.07 Å². The molecule has 1 aromatic rings. The topological polar surface area (TPSA) is 70.0 Å². The van der Waals surface area contributed by atoms with Crippen LogP contribution in [0, 0.1) is 18.3 Å². The molecule has 1 N–H and O–H groups in total. The van der Waals surface area contributed by atoms with E-state index in [2.05, 4.69) is 21.2 Å². The minimum absolute atomic E-state index is 0.141. The van der Waals surface area contributed by atoms with Gasteiger partial charge in [-0.25, -0.2) is 0 Å². The Kier molecular flexibility index (Phi) is 4.41. The number of halogens is 1. The summed E-state index contributed by atoms with van der Waals surface area (Å²) in [4.78, 5) is 22.8. The molecule has 88 valence electrons. The van der Waals surface area contributed by atoms with Gasteiger partial charge >= 0.3 is 0 Å². The highest BCUT2D eigenvalue weighted by molar-refractivity contribution is 9.10. The van der Waals surface area contributed by atoms with Crippen LogP contribution in [-0.4, -0.2) is 11.7 Å². The van der Waals surface area contributed by atoms with Crippen molar-refractivity contribution in [3.05, 3.63) is 27.7 Å². The summed E-state index contributed by atoms with van der Waals surface area (Å²) in [5.41, 5.74) is 1.77. The van der Waals surface area contributed by atoms with E-state index in [9.17, 15) is 9.59 Å². The predicted molar refractivity (Wildman–Crippen MR) is 67.7 cm³/mol. The van der Waals surface area contributed by atoms with Gasteiger partial charge in [0.05, 0.1) is 11.8 Å². The Hall–Kier alpha value is -1.67. The number of amides is 1. The average molecular weight is 295 g/mol. The van der Waals surface area contributed by atoms with E-state index in [0.717, 1.165) is 10.0 Å². The molecule has 4 nitrogen and oxygen atoms in total. The summed E-state index contributed by atoms with van der Waals surface area (Å²) < 4.78 is 0.806. The van der Waals surface area contributed by atoms with Gasteiger partial charge < -0.3 is 5.32 Å². The van der Waals surface area contributed by atoms with Crippen molar-refractivity contribution >= 4 is 33.3 Å². The van der Waals surface area contributed by atoms with Crippen LogP contribution in [0.3, 0.4) is 0 Å². The summed E-state index contributed by atoms with van der Waals surface area (Å²) in [6.45, 7) is 3.28. The maximum absolute atomic E-state index is 11.4. The third-order valence-corrected chi connectivity index (χ3v) is 3.05. The van der Waals surface area contributed by atoms with Gasteiger partial charge in [0.1, 0.15) is 6.42 Å². The Morgan fingerprint density at radius 3 is 2.65 bits per heavy atom. The number of rotatable bonds is 3. The molecule has 0 atom stereocenters. The van der Waals surface area contributed by atoms with Crippen molar-refractivity contribution < 1.29 is 9.59 Å². The molecule has 0 spiro atoms. The molecule has 1 aromatic carbocycles. The second-order valence-corrected chi connectivity index (χ2v) is 4.44. The van der Waals surface area contributed by atoms with E-state index in [1.807, 2.05) is 6.92 Å². The Bertz CT molecular complexity index is 518. The summed E-state index contributed by atoms with van der Waals surface area (Å²) in [7, 11) is 0. The van der Waals surface area contributed by atoms with Crippen molar-refractivity contribution in [2.75, 3.05) is 5.32 Å². The maximum Gasteiger partial charge on any atom is 0.238 e. The molecule has 1 rings (SSSR count). The lowest BCUT2D eigenvalue weighted by molar-refractivity contribution is -0.115. The van der Waals surface area contributed by atoms with E-state index < -0.39 is 5.91 Å². The van der Waals surface area contributed by atoms with Crippen molar-refractivity contribution in [3.63, 3.8) is 0 Å². The number of nitrogens with zero attached hydrogens (tertiary/aromatic N) is 1. The lowest BCUT2D eigenvalue weighted by Crippen LogP contribution is -2.13. The van der Waals surface area contributed by atoms with E-state index in [4.69, 9.17) is 5.26 Å². The summed E-state index contributed by atoms with van der Waals surface area (Å²) in [5.74, 6) is -0.560. The van der Waals surface area contributed by atoms with Crippen molar-refractivity contribution in [1.29, 1.82) is 5.26 Å². The molecule has 17 heavy (non-hydrogen) atoms. The van der Waals surface area contributed by atoms with Crippen LogP contribution in [0.5, 0.6) is 0 Å². The largest absolute Gasteiger partial charge is 0.325 e. The van der Waals surface area contributed by atoms with Gasteiger partial charge in [-0.05, 0) is 31.5 Å². The normalized spacial score (nSPS) is 9.53. The van der Waals surface area contributed by atoms with Gasteiger partial charge in [0, 0.05) is 10.0 Å². The van der Waals surface area contributed by atoms with Crippen molar-refractivity contribution in [2.45, 2.75) is 20.3 Å². The number of hydrogen-bond donors (Lipinski definition) is 1. The highest BCUT2D eigenvalue weighted by Gasteiger charge is 2.12. The van der Waals surface area contributed by atoms with Crippen LogP contribution in [-0.2, 0) is 4.79 Å². The molecule has 0 aliphatic rings. The first kappa shape index (κ1) is 13.4. The quantitative estimate of drug-likeness (QED) is 0.872. The Morgan fingerprint density at radius 1 is 1.47 bits per heavy atom. The smallest absolute Gasteiger partial charge is 0.238 e. The van der Waals surface area contributed by atoms with Crippen molar-refractivity contribution in [2.24, 2.45) is 0 Å². The Morgan fingerprint density at radius 2 is 2.12 bits per heavy atom. The fraction of sp³-hybridized carbons (Fsp3) is 0.250. The van der Waals surface area contributed by atoms with Crippen LogP contribution in [0.1, 0.15) is 29.3 Å². The zero-order valence-corrected chi connectivity index (χ0v) is 11.1. The second-order valence-electron chi connectivity index (χ2n) is 3.59. The van der Waals surface area contributed by atoms with Gasteiger partial charge in [-0.3, -0.25) is 9.59 Å². The van der Waals surface area contributed by atoms with Gasteiger partial charge in [-0.1, -0.05) is 15.9 Å². The molecule has 0 aliphatic carbocycles. The summed E-state index contributed by atoms with van der Waals surface area (Å²) in [6.07, 6.45) is -0.230. The number of carbonyl (C=O) groups excluding carboxylic acids is 2. The van der Waals surface area contributed by atoms with Gasteiger partial charge in [-0.2, -0.15) is 5.26 Å². The van der Waals surface area contributed by atoms with E-state index in [1.165, 1.54) is 6.92 Å². The van der Waals surface area contributed by atoms with Crippen molar-refractivity contribution in [1.82, 2.24) is 0 Å². The molecule has 0 aromatic heterocycles. The number of aryl methyl sites for hydroxylation is 1. The van der Waals surface area contributed by atoms with Gasteiger partial charge in [0.25, 0.3) is 0 Å². The molecule has 0 heterocycles. The Balaban J connectivity index is 3.14. The summed E-state index contributed by atoms with van der Waals surface area (Å²) in [5, 5.41) is 11.0. The molecule has 1 amide bonds. The lowest BCUT2D eigenvalue weighted by atomic mass is 10.1. The highest BCUT2D eigenvalue weighted by Crippen LogP contribution is 2.25. The third-order valence-electron chi connectivity index (χ3n) is 2.19. The highest BCUT2D eigenvalue weighted by atomic mass is 79.9. The molecule has 0 saturated heterocycles. The van der Waals surface area contributed by atoms with E-state index in [-0.39, 0.29) is 12.2 Å². The fourth-order valence-corrected chi connectivity index (χ4v) is 1.69. The predicted octanol–water partition coefficient (Wildman–Crippen LogP) is 2.81.